The van der Waals surface area contributed by atoms with Crippen molar-refractivity contribution in [3.63, 3.8) is 0 Å². The number of aryl methyl sites for hydroxylation is 2. The van der Waals surface area contributed by atoms with E-state index in [0.717, 1.165) is 69.0 Å². The number of hydrogen-bond donors (Lipinski definition) is 1. The molecule has 0 saturated carbocycles. The van der Waals surface area contributed by atoms with Gasteiger partial charge in [-0.2, -0.15) is 9.61 Å². The van der Waals surface area contributed by atoms with E-state index in [1.807, 2.05) is 12.1 Å². The van der Waals surface area contributed by atoms with Crippen LogP contribution in [0.2, 0.25) is 0 Å². The molecule has 0 atom stereocenters. The summed E-state index contributed by atoms with van der Waals surface area (Å²) >= 11 is 0. The van der Waals surface area contributed by atoms with Crippen molar-refractivity contribution in [2.45, 2.75) is 59.3 Å². The van der Waals surface area contributed by atoms with Gasteiger partial charge in [-0.25, -0.2) is 0 Å². The minimum Gasteiger partial charge on any atom is -0.497 e. The first-order valence-electron chi connectivity index (χ1n) is 15.5. The predicted octanol–water partition coefficient (Wildman–Crippen LogP) is 4.03. The topological polar surface area (TPSA) is 84.1 Å². The number of carbonyl (C=O) groups excluding carboxylic acids is 1. The van der Waals surface area contributed by atoms with E-state index in [0.29, 0.717) is 36.8 Å². The van der Waals surface area contributed by atoms with Crippen molar-refractivity contribution in [3.05, 3.63) is 98.6 Å². The van der Waals surface area contributed by atoms with Crippen molar-refractivity contribution >= 4 is 11.6 Å². The Bertz CT molecular complexity index is 1630. The summed E-state index contributed by atoms with van der Waals surface area (Å²) in [5.74, 6) is 1.12. The van der Waals surface area contributed by atoms with Gasteiger partial charge in [-0.1, -0.05) is 42.0 Å². The second kappa shape index (κ2) is 12.7. The average Bonchev–Trinajstić information content (AvgIpc) is 3.48. The van der Waals surface area contributed by atoms with Crippen LogP contribution in [-0.2, 0) is 32.6 Å². The van der Waals surface area contributed by atoms with Crippen molar-refractivity contribution in [2.24, 2.45) is 5.92 Å². The number of carbonyl (C=O) groups is 1. The first kappa shape index (κ1) is 29.1. The third-order valence-electron chi connectivity index (χ3n) is 9.08. The number of methoxy groups -OCH3 is 1. The lowest BCUT2D eigenvalue weighted by Gasteiger charge is -2.32. The van der Waals surface area contributed by atoms with Gasteiger partial charge in [0.05, 0.1) is 18.9 Å². The minimum atomic E-state index is -0.157. The molecule has 0 radical (unpaired) electrons. The van der Waals surface area contributed by atoms with Crippen molar-refractivity contribution in [3.8, 4) is 5.75 Å². The average molecular weight is 583 g/mol. The second-order valence-corrected chi connectivity index (χ2v) is 12.0. The maximum absolute atomic E-state index is 13.6. The standard InChI is InChI=1S/C34H42N6O3/c1-4-39-31-15-18-38(22-27-9-11-28(43-3)12-10-27)23-30(31)34(42)40-33(39)29(20-36-40)32(41)35-19-25-13-16-37(17-14-25)21-26-7-5-24(2)6-8-26/h5-12,20,25H,4,13-19,21-23H2,1-3H3,(H,35,41). The Labute approximate surface area is 253 Å². The zero-order chi connectivity index (χ0) is 29.9. The van der Waals surface area contributed by atoms with Gasteiger partial charge < -0.3 is 14.6 Å². The number of benzene rings is 2. The normalized spacial score (nSPS) is 16.3. The minimum absolute atomic E-state index is 0.130. The third kappa shape index (κ3) is 6.24. The van der Waals surface area contributed by atoms with Crippen molar-refractivity contribution in [2.75, 3.05) is 33.3 Å². The van der Waals surface area contributed by atoms with Gasteiger partial charge in [0, 0.05) is 51.4 Å². The Morgan fingerprint density at radius 3 is 2.33 bits per heavy atom. The van der Waals surface area contributed by atoms with E-state index in [2.05, 4.69) is 75.0 Å². The quantitative estimate of drug-likeness (QED) is 0.321. The molecule has 9 heteroatoms. The van der Waals surface area contributed by atoms with Crippen molar-refractivity contribution in [1.82, 2.24) is 29.3 Å². The largest absolute Gasteiger partial charge is 0.497 e. The molecule has 43 heavy (non-hydrogen) atoms. The zero-order valence-electron chi connectivity index (χ0n) is 25.5. The van der Waals surface area contributed by atoms with E-state index >= 15 is 0 Å². The van der Waals surface area contributed by atoms with Crippen LogP contribution in [0.1, 0.15) is 58.1 Å². The number of nitrogens with one attached hydrogen (secondary N) is 1. The highest BCUT2D eigenvalue weighted by atomic mass is 16.5. The maximum atomic E-state index is 13.6. The van der Waals surface area contributed by atoms with E-state index < -0.39 is 0 Å². The SMILES string of the molecule is CCn1c2c(c(=O)n3ncc(C(=O)NCC4CCN(Cc5ccc(C)cc5)CC4)c13)CN(Cc1ccc(OC)cc1)CC2. The number of hydrogen-bond acceptors (Lipinski definition) is 6. The summed E-state index contributed by atoms with van der Waals surface area (Å²) < 4.78 is 8.83. The van der Waals surface area contributed by atoms with Crippen LogP contribution in [-0.4, -0.2) is 63.2 Å². The summed E-state index contributed by atoms with van der Waals surface area (Å²) in [6.45, 7) is 10.7. The first-order chi connectivity index (χ1) is 20.9. The fourth-order valence-electron chi connectivity index (χ4n) is 6.56. The number of piperidine rings is 1. The molecule has 0 spiro atoms. The summed E-state index contributed by atoms with van der Waals surface area (Å²) in [5.41, 5.74) is 6.53. The highest BCUT2D eigenvalue weighted by Gasteiger charge is 2.28. The Morgan fingerprint density at radius 2 is 1.65 bits per heavy atom. The molecule has 2 aromatic carbocycles. The summed E-state index contributed by atoms with van der Waals surface area (Å²) in [5, 5.41) is 7.59. The van der Waals surface area contributed by atoms with E-state index in [9.17, 15) is 9.59 Å². The molecule has 2 aromatic heterocycles. The Hall–Kier alpha value is -3.95. The molecule has 9 nitrogen and oxygen atoms in total. The highest BCUT2D eigenvalue weighted by Crippen LogP contribution is 2.23. The molecule has 6 rings (SSSR count). The molecule has 1 fully saturated rings. The molecule has 1 saturated heterocycles. The van der Waals surface area contributed by atoms with Gasteiger partial charge in [0.2, 0.25) is 0 Å². The van der Waals surface area contributed by atoms with Crippen LogP contribution in [0.3, 0.4) is 0 Å². The number of likely N-dealkylation sites (tertiary alicyclic amines) is 1. The highest BCUT2D eigenvalue weighted by molar-refractivity contribution is 5.99. The molecule has 4 heterocycles. The molecule has 1 N–H and O–H groups in total. The Morgan fingerprint density at radius 1 is 0.977 bits per heavy atom. The molecule has 0 aliphatic carbocycles. The Kier molecular flexibility index (Phi) is 8.63. The van der Waals surface area contributed by atoms with Gasteiger partial charge in [-0.05, 0) is 69.0 Å². The van der Waals surface area contributed by atoms with Crippen LogP contribution in [0, 0.1) is 12.8 Å². The van der Waals surface area contributed by atoms with Gasteiger partial charge in [0.15, 0.2) is 5.65 Å². The van der Waals surface area contributed by atoms with Gasteiger partial charge in [-0.15, -0.1) is 0 Å². The molecular formula is C34H42N6O3. The summed E-state index contributed by atoms with van der Waals surface area (Å²) in [7, 11) is 1.66. The molecule has 0 bridgehead atoms. The maximum Gasteiger partial charge on any atom is 0.279 e. The molecule has 2 aliphatic heterocycles. The van der Waals surface area contributed by atoms with Crippen LogP contribution in [0.5, 0.6) is 5.75 Å². The van der Waals surface area contributed by atoms with Crippen molar-refractivity contribution < 1.29 is 9.53 Å². The fraction of sp³-hybridized carbons (Fsp3) is 0.441. The lowest BCUT2D eigenvalue weighted by atomic mass is 9.96. The number of ether oxygens (including phenoxy) is 1. The van der Waals surface area contributed by atoms with Gasteiger partial charge in [-0.3, -0.25) is 19.4 Å². The fourth-order valence-corrected chi connectivity index (χ4v) is 6.56. The summed E-state index contributed by atoms with van der Waals surface area (Å²) in [4.78, 5) is 31.9. The third-order valence-corrected chi connectivity index (χ3v) is 9.08. The van der Waals surface area contributed by atoms with Gasteiger partial charge >= 0.3 is 0 Å². The molecule has 226 valence electrons. The van der Waals surface area contributed by atoms with Crippen LogP contribution in [0.25, 0.3) is 5.65 Å². The molecule has 2 aliphatic rings. The monoisotopic (exact) mass is 582 g/mol. The number of nitrogens with zero attached hydrogens (tertiary/aromatic N) is 5. The number of aromatic nitrogens is 3. The van der Waals surface area contributed by atoms with Crippen LogP contribution in [0.15, 0.2) is 59.5 Å². The van der Waals surface area contributed by atoms with Crippen LogP contribution >= 0.6 is 0 Å². The van der Waals surface area contributed by atoms with Gasteiger partial charge in [0.1, 0.15) is 11.3 Å². The lowest BCUT2D eigenvalue weighted by molar-refractivity contribution is 0.0936. The van der Waals surface area contributed by atoms with Crippen molar-refractivity contribution in [1.29, 1.82) is 0 Å². The molecule has 4 aromatic rings. The second-order valence-electron chi connectivity index (χ2n) is 12.0. The van der Waals surface area contributed by atoms with E-state index in [-0.39, 0.29) is 11.5 Å². The van der Waals surface area contributed by atoms with E-state index in [1.165, 1.54) is 21.2 Å². The predicted molar refractivity (Wildman–Crippen MR) is 167 cm³/mol. The summed E-state index contributed by atoms with van der Waals surface area (Å²) in [6, 6.07) is 16.8. The van der Waals surface area contributed by atoms with Crippen LogP contribution in [0.4, 0.5) is 0 Å². The summed E-state index contributed by atoms with van der Waals surface area (Å²) in [6.07, 6.45) is 4.42. The molecule has 1 amide bonds. The van der Waals surface area contributed by atoms with E-state index in [4.69, 9.17) is 4.74 Å². The number of fused-ring (bicyclic) bond motifs is 2. The van der Waals surface area contributed by atoms with Gasteiger partial charge in [0.25, 0.3) is 11.5 Å². The van der Waals surface area contributed by atoms with Crippen LogP contribution < -0.4 is 15.6 Å². The lowest BCUT2D eigenvalue weighted by Crippen LogP contribution is -2.39. The molecule has 0 unspecified atom stereocenters. The van der Waals surface area contributed by atoms with E-state index in [1.54, 1.807) is 13.3 Å². The zero-order valence-corrected chi connectivity index (χ0v) is 25.5. The smallest absolute Gasteiger partial charge is 0.279 e. The number of rotatable bonds is 9. The Balaban J connectivity index is 1.11. The molecular weight excluding hydrogens is 540 g/mol. The number of amides is 1. The first-order valence-corrected chi connectivity index (χ1v) is 15.5.